The molecule has 4 heteroatoms. The van der Waals surface area contributed by atoms with E-state index in [1.54, 1.807) is 0 Å². The van der Waals surface area contributed by atoms with Crippen LogP contribution in [0.4, 0.5) is 0 Å². The molecular weight excluding hydrogens is 320 g/mol. The van der Waals surface area contributed by atoms with Crippen molar-refractivity contribution in [2.45, 2.75) is 78.2 Å². The van der Waals surface area contributed by atoms with Crippen LogP contribution in [0.1, 0.15) is 72.1 Å². The highest BCUT2D eigenvalue weighted by Gasteiger charge is 2.63. The molecule has 0 radical (unpaired) electrons. The molecule has 1 heterocycles. The minimum Gasteiger partial charge on any atom is -0.342 e. The highest BCUT2D eigenvalue weighted by molar-refractivity contribution is 5.85. The fourth-order valence-corrected chi connectivity index (χ4v) is 7.65. The van der Waals surface area contributed by atoms with Crippen LogP contribution >= 0.6 is 12.4 Å². The Morgan fingerprint density at radius 1 is 1.04 bits per heavy atom. The van der Waals surface area contributed by atoms with Gasteiger partial charge in [0.2, 0.25) is 5.91 Å². The van der Waals surface area contributed by atoms with E-state index in [0.29, 0.717) is 22.7 Å². The number of piperidine rings is 1. The molecule has 4 saturated carbocycles. The third-order valence-corrected chi connectivity index (χ3v) is 7.65. The monoisotopic (exact) mass is 354 g/mol. The van der Waals surface area contributed by atoms with Gasteiger partial charge in [-0.15, -0.1) is 12.4 Å². The van der Waals surface area contributed by atoms with Crippen LogP contribution < -0.4 is 5.73 Å². The number of hydrogen-bond donors (Lipinski definition) is 1. The molecule has 0 aromatic carbocycles. The fourth-order valence-electron chi connectivity index (χ4n) is 7.65. The fraction of sp³-hybridized carbons (Fsp3) is 0.950. The Balaban J connectivity index is 0.00000169. The number of nitrogens with zero attached hydrogens (tertiary/aromatic N) is 1. The zero-order valence-electron chi connectivity index (χ0n) is 15.6. The van der Waals surface area contributed by atoms with E-state index in [-0.39, 0.29) is 23.9 Å². The van der Waals surface area contributed by atoms with E-state index < -0.39 is 0 Å². The summed E-state index contributed by atoms with van der Waals surface area (Å²) < 4.78 is 0. The molecule has 1 amide bonds. The average molecular weight is 355 g/mol. The van der Waals surface area contributed by atoms with Crippen molar-refractivity contribution in [1.29, 1.82) is 0 Å². The first kappa shape index (κ1) is 18.5. The molecule has 0 aromatic heterocycles. The Bertz CT molecular complexity index is 494. The molecule has 1 saturated heterocycles. The molecule has 1 aliphatic heterocycles. The van der Waals surface area contributed by atoms with Crippen LogP contribution in [0.2, 0.25) is 0 Å². The van der Waals surface area contributed by atoms with Gasteiger partial charge in [0.1, 0.15) is 0 Å². The van der Waals surface area contributed by atoms with Gasteiger partial charge in [0.05, 0.1) is 5.41 Å². The third-order valence-electron chi connectivity index (χ3n) is 7.65. The largest absolute Gasteiger partial charge is 0.342 e. The van der Waals surface area contributed by atoms with Crippen LogP contribution in [-0.2, 0) is 4.79 Å². The standard InChI is InChI=1S/C20H34N2O.ClH/c1-14(21)16-4-6-22(7-5-16)17(23)20-10-15-8-18(2,12-20)11-19(3,9-15)13-20;/h14-16H,4-13,21H2,1-3H3;1H. The lowest BCUT2D eigenvalue weighted by Crippen LogP contribution is -2.61. The number of nitrogens with two attached hydrogens (primary N) is 1. The van der Waals surface area contributed by atoms with Crippen LogP contribution in [0.3, 0.4) is 0 Å². The number of likely N-dealkylation sites (tertiary alicyclic amines) is 1. The van der Waals surface area contributed by atoms with Gasteiger partial charge in [-0.3, -0.25) is 4.79 Å². The lowest BCUT2D eigenvalue weighted by atomic mass is 9.40. The summed E-state index contributed by atoms with van der Waals surface area (Å²) >= 11 is 0. The molecule has 3 nitrogen and oxygen atoms in total. The van der Waals surface area contributed by atoms with Crippen LogP contribution in [0.15, 0.2) is 0 Å². The van der Waals surface area contributed by atoms with Gasteiger partial charge in [-0.25, -0.2) is 0 Å². The van der Waals surface area contributed by atoms with Crippen molar-refractivity contribution in [3.63, 3.8) is 0 Å². The average Bonchev–Trinajstić information content (AvgIpc) is 2.42. The molecule has 4 bridgehead atoms. The van der Waals surface area contributed by atoms with Crippen molar-refractivity contribution >= 4 is 18.3 Å². The van der Waals surface area contributed by atoms with Gasteiger partial charge in [0.25, 0.3) is 0 Å². The van der Waals surface area contributed by atoms with Gasteiger partial charge in [-0.1, -0.05) is 13.8 Å². The molecule has 0 spiro atoms. The molecule has 2 N–H and O–H groups in total. The molecule has 5 rings (SSSR count). The first-order chi connectivity index (χ1) is 10.7. The highest BCUT2D eigenvalue weighted by Crippen LogP contribution is 2.69. The minimum absolute atomic E-state index is 0. The Morgan fingerprint density at radius 3 is 2.04 bits per heavy atom. The molecule has 3 unspecified atom stereocenters. The summed E-state index contributed by atoms with van der Waals surface area (Å²) in [4.78, 5) is 15.7. The zero-order chi connectivity index (χ0) is 16.5. The maximum atomic E-state index is 13.5. The second-order valence-electron chi connectivity index (χ2n) is 10.4. The molecule has 4 aliphatic carbocycles. The molecule has 5 aliphatic rings. The molecule has 0 aromatic rings. The summed E-state index contributed by atoms with van der Waals surface area (Å²) in [5.74, 6) is 1.90. The molecule has 3 atom stereocenters. The van der Waals surface area contributed by atoms with Crippen molar-refractivity contribution in [3.05, 3.63) is 0 Å². The molecule has 5 fully saturated rings. The Hall–Kier alpha value is -0.280. The number of hydrogen-bond acceptors (Lipinski definition) is 2. The lowest BCUT2D eigenvalue weighted by molar-refractivity contribution is -0.180. The number of carbonyl (C=O) groups is 1. The Labute approximate surface area is 153 Å². The predicted molar refractivity (Wildman–Crippen MR) is 100 cm³/mol. The van der Waals surface area contributed by atoms with Crippen molar-refractivity contribution in [1.82, 2.24) is 4.90 Å². The summed E-state index contributed by atoms with van der Waals surface area (Å²) in [6.45, 7) is 8.90. The predicted octanol–water partition coefficient (Wildman–Crippen LogP) is 3.99. The number of amides is 1. The normalized spacial score (nSPS) is 45.8. The Morgan fingerprint density at radius 2 is 1.58 bits per heavy atom. The minimum atomic E-state index is -0.0237. The first-order valence-corrected chi connectivity index (χ1v) is 9.78. The van der Waals surface area contributed by atoms with E-state index >= 15 is 0 Å². The topological polar surface area (TPSA) is 46.3 Å². The lowest BCUT2D eigenvalue weighted by Gasteiger charge is -2.65. The molecule has 138 valence electrons. The molecule has 24 heavy (non-hydrogen) atoms. The second-order valence-corrected chi connectivity index (χ2v) is 10.4. The van der Waals surface area contributed by atoms with E-state index in [0.717, 1.165) is 44.7 Å². The summed E-state index contributed by atoms with van der Waals surface area (Å²) in [5.41, 5.74) is 6.89. The van der Waals surface area contributed by atoms with Gasteiger partial charge < -0.3 is 10.6 Å². The van der Waals surface area contributed by atoms with E-state index in [9.17, 15) is 4.79 Å². The van der Waals surface area contributed by atoms with Crippen molar-refractivity contribution in [2.75, 3.05) is 13.1 Å². The smallest absolute Gasteiger partial charge is 0.228 e. The van der Waals surface area contributed by atoms with E-state index in [2.05, 4.69) is 25.7 Å². The van der Waals surface area contributed by atoms with E-state index in [4.69, 9.17) is 5.73 Å². The number of rotatable bonds is 2. The van der Waals surface area contributed by atoms with Gasteiger partial charge in [0.15, 0.2) is 0 Å². The number of carbonyl (C=O) groups excluding carboxylic acids is 1. The summed E-state index contributed by atoms with van der Waals surface area (Å²) in [7, 11) is 0. The highest BCUT2D eigenvalue weighted by atomic mass is 35.5. The van der Waals surface area contributed by atoms with Crippen LogP contribution in [-0.4, -0.2) is 29.9 Å². The number of halogens is 1. The SMILES string of the molecule is CC(N)C1CCN(C(=O)C23CC4CC(C)(CC(C)(C4)C2)C3)CC1.Cl. The summed E-state index contributed by atoms with van der Waals surface area (Å²) in [6, 6.07) is 0.268. The van der Waals surface area contributed by atoms with Gasteiger partial charge in [-0.2, -0.15) is 0 Å². The quantitative estimate of drug-likeness (QED) is 0.814. The third kappa shape index (κ3) is 2.90. The van der Waals surface area contributed by atoms with Crippen LogP contribution in [0, 0.1) is 28.1 Å². The maximum Gasteiger partial charge on any atom is 0.228 e. The van der Waals surface area contributed by atoms with E-state index in [1.165, 1.54) is 25.7 Å². The van der Waals surface area contributed by atoms with Crippen molar-refractivity contribution < 1.29 is 4.79 Å². The van der Waals surface area contributed by atoms with Gasteiger partial charge in [0, 0.05) is 19.1 Å². The Kier molecular flexibility index (Phi) is 4.53. The summed E-state index contributed by atoms with van der Waals surface area (Å²) in [6.07, 6.45) is 9.74. The molecular formula is C20H35ClN2O. The van der Waals surface area contributed by atoms with Crippen molar-refractivity contribution in [2.24, 2.45) is 33.8 Å². The van der Waals surface area contributed by atoms with Crippen LogP contribution in [0.5, 0.6) is 0 Å². The second kappa shape index (κ2) is 5.87. The van der Waals surface area contributed by atoms with Crippen molar-refractivity contribution in [3.8, 4) is 0 Å². The first-order valence-electron chi connectivity index (χ1n) is 9.78. The van der Waals surface area contributed by atoms with Gasteiger partial charge >= 0.3 is 0 Å². The zero-order valence-corrected chi connectivity index (χ0v) is 16.5. The summed E-state index contributed by atoms with van der Waals surface area (Å²) in [5, 5.41) is 0. The van der Waals surface area contributed by atoms with E-state index in [1.807, 2.05) is 0 Å². The van der Waals surface area contributed by atoms with Gasteiger partial charge in [-0.05, 0) is 81.0 Å². The van der Waals surface area contributed by atoms with Crippen LogP contribution in [0.25, 0.3) is 0 Å². The maximum absolute atomic E-state index is 13.5.